The van der Waals surface area contributed by atoms with Gasteiger partial charge in [-0.05, 0) is 68.4 Å². The standard InChI is InChI=1S/C25H31N5O2S/c1-16-8-9-18(14-17(16)2)26-25(31)30-12-10-29(11-13-30)23-22-19-6-4-5-7-20(19)33-24(22)28-21(27-23)15-32-3/h8-9,14H,4-7,10-13,15H2,1-3H3,(H,26,31). The summed E-state index contributed by atoms with van der Waals surface area (Å²) in [6, 6.07) is 5.99. The van der Waals surface area contributed by atoms with Gasteiger partial charge in [-0.25, -0.2) is 14.8 Å². The largest absolute Gasteiger partial charge is 0.377 e. The fourth-order valence-corrected chi connectivity index (χ4v) is 6.02. The average Bonchev–Trinajstić information content (AvgIpc) is 3.20. The summed E-state index contributed by atoms with van der Waals surface area (Å²) in [4.78, 5) is 29.4. The molecule has 0 atom stereocenters. The van der Waals surface area contributed by atoms with Crippen LogP contribution >= 0.6 is 11.3 Å². The van der Waals surface area contributed by atoms with Crippen molar-refractivity contribution >= 4 is 39.1 Å². The van der Waals surface area contributed by atoms with Crippen LogP contribution in [-0.2, 0) is 24.2 Å². The topological polar surface area (TPSA) is 70.6 Å². The molecule has 2 amide bonds. The minimum atomic E-state index is -0.0428. The second-order valence-corrected chi connectivity index (χ2v) is 10.1. The lowest BCUT2D eigenvalue weighted by atomic mass is 9.97. The third-order valence-corrected chi connectivity index (χ3v) is 7.93. The van der Waals surface area contributed by atoms with Gasteiger partial charge in [0.1, 0.15) is 17.3 Å². The highest BCUT2D eigenvalue weighted by Gasteiger charge is 2.27. The van der Waals surface area contributed by atoms with Crippen molar-refractivity contribution in [2.75, 3.05) is 43.5 Å². The molecule has 1 N–H and O–H groups in total. The Bertz CT molecular complexity index is 1180. The Labute approximate surface area is 198 Å². The van der Waals surface area contributed by atoms with Crippen molar-refractivity contribution < 1.29 is 9.53 Å². The third kappa shape index (κ3) is 4.42. The third-order valence-electron chi connectivity index (χ3n) is 6.74. The molecule has 174 valence electrons. The van der Waals surface area contributed by atoms with Crippen LogP contribution in [0.4, 0.5) is 16.3 Å². The van der Waals surface area contributed by atoms with E-state index >= 15 is 0 Å². The van der Waals surface area contributed by atoms with E-state index in [1.807, 2.05) is 34.4 Å². The normalized spacial score (nSPS) is 16.2. The Hall–Kier alpha value is -2.71. The monoisotopic (exact) mass is 465 g/mol. The van der Waals surface area contributed by atoms with Gasteiger partial charge in [-0.3, -0.25) is 0 Å². The van der Waals surface area contributed by atoms with E-state index in [-0.39, 0.29) is 6.03 Å². The number of urea groups is 1. The number of benzene rings is 1. The highest BCUT2D eigenvalue weighted by atomic mass is 32.1. The van der Waals surface area contributed by atoms with Gasteiger partial charge in [0.25, 0.3) is 0 Å². The molecule has 3 heterocycles. The molecule has 5 rings (SSSR count). The smallest absolute Gasteiger partial charge is 0.321 e. The number of piperazine rings is 1. The van der Waals surface area contributed by atoms with Gasteiger partial charge in [0.15, 0.2) is 5.82 Å². The SMILES string of the molecule is COCc1nc(N2CCN(C(=O)Nc3ccc(C)c(C)c3)CC2)c2c3c(sc2n1)CCCC3. The molecule has 2 aliphatic rings. The molecule has 0 bridgehead atoms. The quantitative estimate of drug-likeness (QED) is 0.605. The van der Waals surface area contributed by atoms with E-state index in [1.54, 1.807) is 7.11 Å². The molecule has 7 nitrogen and oxygen atoms in total. The van der Waals surface area contributed by atoms with Gasteiger partial charge >= 0.3 is 6.03 Å². The van der Waals surface area contributed by atoms with E-state index in [9.17, 15) is 4.79 Å². The first-order valence-corrected chi connectivity index (χ1v) is 12.5. The minimum absolute atomic E-state index is 0.0428. The van der Waals surface area contributed by atoms with Crippen molar-refractivity contribution in [2.24, 2.45) is 0 Å². The molecule has 0 radical (unpaired) electrons. The van der Waals surface area contributed by atoms with Crippen LogP contribution in [0.5, 0.6) is 0 Å². The number of aryl methyl sites for hydroxylation is 4. The summed E-state index contributed by atoms with van der Waals surface area (Å²) in [5, 5.41) is 4.28. The summed E-state index contributed by atoms with van der Waals surface area (Å²) in [6.45, 7) is 7.37. The van der Waals surface area contributed by atoms with Gasteiger partial charge in [-0.2, -0.15) is 0 Å². The second kappa shape index (κ2) is 9.27. The van der Waals surface area contributed by atoms with Crippen LogP contribution < -0.4 is 10.2 Å². The Kier molecular flexibility index (Phi) is 6.21. The Balaban J connectivity index is 1.35. The van der Waals surface area contributed by atoms with Crippen LogP contribution in [0.15, 0.2) is 18.2 Å². The number of aromatic nitrogens is 2. The van der Waals surface area contributed by atoms with Crippen molar-refractivity contribution in [3.8, 4) is 0 Å². The van der Waals surface area contributed by atoms with E-state index in [1.165, 1.54) is 39.8 Å². The molecule has 1 aromatic carbocycles. The minimum Gasteiger partial charge on any atom is -0.377 e. The van der Waals surface area contributed by atoms with Crippen LogP contribution in [0.1, 0.15) is 40.2 Å². The number of amides is 2. The van der Waals surface area contributed by atoms with Gasteiger partial charge in [-0.1, -0.05) is 6.07 Å². The summed E-state index contributed by atoms with van der Waals surface area (Å²) >= 11 is 1.82. The number of fused-ring (bicyclic) bond motifs is 3. The number of rotatable bonds is 4. The zero-order chi connectivity index (χ0) is 22.9. The van der Waals surface area contributed by atoms with Gasteiger partial charge in [0.05, 0.1) is 5.39 Å². The molecule has 0 saturated carbocycles. The lowest BCUT2D eigenvalue weighted by Crippen LogP contribution is -2.50. The van der Waals surface area contributed by atoms with Crippen molar-refractivity contribution in [2.45, 2.75) is 46.1 Å². The van der Waals surface area contributed by atoms with Gasteiger partial charge < -0.3 is 19.9 Å². The van der Waals surface area contributed by atoms with E-state index in [0.717, 1.165) is 48.1 Å². The first-order chi connectivity index (χ1) is 16.0. The Morgan fingerprint density at radius 3 is 2.64 bits per heavy atom. The Morgan fingerprint density at radius 1 is 1.09 bits per heavy atom. The predicted octanol–water partition coefficient (Wildman–Crippen LogP) is 4.69. The molecule has 3 aromatic rings. The van der Waals surface area contributed by atoms with Crippen LogP contribution in [0, 0.1) is 13.8 Å². The maximum atomic E-state index is 12.9. The van der Waals surface area contributed by atoms with E-state index < -0.39 is 0 Å². The predicted molar refractivity (Wildman–Crippen MR) is 133 cm³/mol. The fraction of sp³-hybridized carbons (Fsp3) is 0.480. The summed E-state index contributed by atoms with van der Waals surface area (Å²) in [5.41, 5.74) is 4.69. The molecule has 1 fully saturated rings. The van der Waals surface area contributed by atoms with Crippen LogP contribution in [0.2, 0.25) is 0 Å². The summed E-state index contributed by atoms with van der Waals surface area (Å²) in [6.07, 6.45) is 4.72. The molecule has 8 heteroatoms. The average molecular weight is 466 g/mol. The zero-order valence-electron chi connectivity index (χ0n) is 19.6. The maximum Gasteiger partial charge on any atom is 0.321 e. The molecular weight excluding hydrogens is 434 g/mol. The molecule has 0 unspecified atom stereocenters. The number of hydrogen-bond donors (Lipinski definition) is 1. The number of nitrogens with one attached hydrogen (secondary N) is 1. The van der Waals surface area contributed by atoms with Gasteiger partial charge in [0, 0.05) is 43.9 Å². The second-order valence-electron chi connectivity index (χ2n) is 8.99. The first-order valence-electron chi connectivity index (χ1n) is 11.7. The molecule has 33 heavy (non-hydrogen) atoms. The van der Waals surface area contributed by atoms with Crippen molar-refractivity contribution in [1.82, 2.24) is 14.9 Å². The highest BCUT2D eigenvalue weighted by Crippen LogP contribution is 2.40. The van der Waals surface area contributed by atoms with Crippen LogP contribution in [-0.4, -0.2) is 54.2 Å². The number of carbonyl (C=O) groups is 1. The van der Waals surface area contributed by atoms with E-state index in [4.69, 9.17) is 14.7 Å². The number of thiophene rings is 1. The number of ether oxygens (including phenoxy) is 1. The lowest BCUT2D eigenvalue weighted by molar-refractivity contribution is 0.178. The number of carbonyl (C=O) groups excluding carboxylic acids is 1. The number of hydrogen-bond acceptors (Lipinski definition) is 6. The number of nitrogens with zero attached hydrogens (tertiary/aromatic N) is 4. The first kappa shape index (κ1) is 22.1. The Morgan fingerprint density at radius 2 is 1.88 bits per heavy atom. The molecule has 1 aliphatic heterocycles. The fourth-order valence-electron chi connectivity index (χ4n) is 4.75. The molecule has 1 aliphatic carbocycles. The zero-order valence-corrected chi connectivity index (χ0v) is 20.4. The lowest BCUT2D eigenvalue weighted by Gasteiger charge is -2.36. The molecule has 1 saturated heterocycles. The summed E-state index contributed by atoms with van der Waals surface area (Å²) < 4.78 is 5.34. The van der Waals surface area contributed by atoms with Gasteiger partial charge in [0.2, 0.25) is 0 Å². The van der Waals surface area contributed by atoms with Gasteiger partial charge in [-0.15, -0.1) is 11.3 Å². The summed E-state index contributed by atoms with van der Waals surface area (Å²) in [7, 11) is 1.68. The van der Waals surface area contributed by atoms with Crippen LogP contribution in [0.3, 0.4) is 0 Å². The maximum absolute atomic E-state index is 12.9. The number of methoxy groups -OCH3 is 1. The van der Waals surface area contributed by atoms with Crippen LogP contribution in [0.25, 0.3) is 10.2 Å². The van der Waals surface area contributed by atoms with E-state index in [0.29, 0.717) is 19.7 Å². The van der Waals surface area contributed by atoms with Crippen molar-refractivity contribution in [3.05, 3.63) is 45.6 Å². The highest BCUT2D eigenvalue weighted by molar-refractivity contribution is 7.19. The van der Waals surface area contributed by atoms with Crippen molar-refractivity contribution in [1.29, 1.82) is 0 Å². The van der Waals surface area contributed by atoms with E-state index in [2.05, 4.69) is 24.1 Å². The van der Waals surface area contributed by atoms with Crippen molar-refractivity contribution in [3.63, 3.8) is 0 Å². The summed E-state index contributed by atoms with van der Waals surface area (Å²) in [5.74, 6) is 1.74. The number of anilines is 2. The molecule has 0 spiro atoms. The molecular formula is C25H31N5O2S. The molecule has 2 aromatic heterocycles.